The Morgan fingerprint density at radius 3 is 2.32 bits per heavy atom. The number of nitrogens with zero attached hydrogens (tertiary/aromatic N) is 1. The van der Waals surface area contributed by atoms with E-state index in [9.17, 15) is 18.6 Å². The van der Waals surface area contributed by atoms with Gasteiger partial charge in [-0.05, 0) is 25.0 Å². The van der Waals surface area contributed by atoms with E-state index in [4.69, 9.17) is 4.74 Å². The highest BCUT2D eigenvalue weighted by Gasteiger charge is 2.55. The van der Waals surface area contributed by atoms with Crippen LogP contribution in [0.15, 0.2) is 29.2 Å². The van der Waals surface area contributed by atoms with E-state index in [0.717, 1.165) is 0 Å². The SMILES string of the molecule is COc1ccccc1S(=O)(=O)N1CCC2(CC1)[C@H](O)C[C@@H]2O. The molecule has 0 bridgehead atoms. The molecule has 2 fully saturated rings. The maximum absolute atomic E-state index is 12.8. The van der Waals surface area contributed by atoms with E-state index >= 15 is 0 Å². The van der Waals surface area contributed by atoms with Gasteiger partial charge in [0.05, 0.1) is 19.3 Å². The molecule has 1 aromatic rings. The van der Waals surface area contributed by atoms with Crippen molar-refractivity contribution in [2.45, 2.75) is 36.4 Å². The van der Waals surface area contributed by atoms with E-state index in [1.807, 2.05) is 0 Å². The van der Waals surface area contributed by atoms with Crippen LogP contribution in [0.5, 0.6) is 5.75 Å². The zero-order chi connectivity index (χ0) is 16.0. The number of ether oxygens (including phenoxy) is 1. The number of benzene rings is 1. The largest absolute Gasteiger partial charge is 0.495 e. The lowest BCUT2D eigenvalue weighted by molar-refractivity contribution is -0.185. The van der Waals surface area contributed by atoms with Gasteiger partial charge in [0.2, 0.25) is 10.0 Å². The molecule has 1 saturated carbocycles. The van der Waals surface area contributed by atoms with Crippen LogP contribution in [0.25, 0.3) is 0 Å². The summed E-state index contributed by atoms with van der Waals surface area (Å²) in [6, 6.07) is 6.55. The molecule has 122 valence electrons. The molecule has 1 spiro atoms. The number of rotatable bonds is 3. The first-order valence-corrected chi connectivity index (χ1v) is 8.85. The molecule has 1 aliphatic carbocycles. The Bertz CT molecular complexity index is 642. The van der Waals surface area contributed by atoms with E-state index < -0.39 is 27.6 Å². The molecule has 2 aliphatic rings. The van der Waals surface area contributed by atoms with Gasteiger partial charge in [0, 0.05) is 24.9 Å². The maximum atomic E-state index is 12.8. The van der Waals surface area contributed by atoms with E-state index in [2.05, 4.69) is 0 Å². The molecule has 0 aromatic heterocycles. The minimum absolute atomic E-state index is 0.156. The summed E-state index contributed by atoms with van der Waals surface area (Å²) >= 11 is 0. The lowest BCUT2D eigenvalue weighted by Crippen LogP contribution is -2.61. The molecule has 22 heavy (non-hydrogen) atoms. The lowest BCUT2D eigenvalue weighted by atomic mass is 9.59. The van der Waals surface area contributed by atoms with Crippen molar-refractivity contribution in [3.05, 3.63) is 24.3 Å². The summed E-state index contributed by atoms with van der Waals surface area (Å²) in [5, 5.41) is 19.9. The average molecular weight is 327 g/mol. The second-order valence-corrected chi connectivity index (χ2v) is 7.96. The van der Waals surface area contributed by atoms with Crippen LogP contribution in [-0.4, -0.2) is 55.3 Å². The number of hydrogen-bond acceptors (Lipinski definition) is 5. The molecule has 1 aliphatic heterocycles. The second kappa shape index (κ2) is 5.49. The molecule has 2 atom stereocenters. The average Bonchev–Trinajstić information content (AvgIpc) is 2.55. The number of aliphatic hydroxyl groups is 2. The molecule has 1 heterocycles. The normalized spacial score (nSPS) is 28.3. The minimum Gasteiger partial charge on any atom is -0.495 e. The Hall–Kier alpha value is -1.15. The lowest BCUT2D eigenvalue weighted by Gasteiger charge is -2.54. The monoisotopic (exact) mass is 327 g/mol. The van der Waals surface area contributed by atoms with Crippen LogP contribution in [0.2, 0.25) is 0 Å². The Labute approximate surface area is 130 Å². The first-order chi connectivity index (χ1) is 10.4. The van der Waals surface area contributed by atoms with Crippen LogP contribution < -0.4 is 4.74 Å². The summed E-state index contributed by atoms with van der Waals surface area (Å²) < 4.78 is 32.1. The highest BCUT2D eigenvalue weighted by molar-refractivity contribution is 7.89. The van der Waals surface area contributed by atoms with Gasteiger partial charge in [-0.15, -0.1) is 0 Å². The Morgan fingerprint density at radius 1 is 1.18 bits per heavy atom. The van der Waals surface area contributed by atoms with Crippen molar-refractivity contribution in [3.8, 4) is 5.75 Å². The number of methoxy groups -OCH3 is 1. The molecule has 0 unspecified atom stereocenters. The maximum Gasteiger partial charge on any atom is 0.246 e. The summed E-state index contributed by atoms with van der Waals surface area (Å²) in [5.74, 6) is 0.325. The molecular weight excluding hydrogens is 306 g/mol. The Kier molecular flexibility index (Phi) is 3.92. The van der Waals surface area contributed by atoms with Crippen molar-refractivity contribution in [1.82, 2.24) is 4.31 Å². The van der Waals surface area contributed by atoms with Gasteiger partial charge < -0.3 is 14.9 Å². The number of sulfonamides is 1. The molecule has 7 heteroatoms. The third-order valence-corrected chi connectivity index (χ3v) is 7.05. The van der Waals surface area contributed by atoms with Gasteiger partial charge in [0.25, 0.3) is 0 Å². The van der Waals surface area contributed by atoms with E-state index in [-0.39, 0.29) is 4.90 Å². The molecule has 6 nitrogen and oxygen atoms in total. The van der Waals surface area contributed by atoms with Crippen LogP contribution in [0.3, 0.4) is 0 Å². The fraction of sp³-hybridized carbons (Fsp3) is 0.600. The third kappa shape index (κ3) is 2.23. The van der Waals surface area contributed by atoms with Gasteiger partial charge in [0.1, 0.15) is 10.6 Å². The molecular formula is C15H21NO5S. The second-order valence-electron chi connectivity index (χ2n) is 6.06. The highest BCUT2D eigenvalue weighted by atomic mass is 32.2. The van der Waals surface area contributed by atoms with Gasteiger partial charge in [-0.1, -0.05) is 12.1 Å². The van der Waals surface area contributed by atoms with E-state index in [1.54, 1.807) is 18.2 Å². The smallest absolute Gasteiger partial charge is 0.246 e. The van der Waals surface area contributed by atoms with Crippen molar-refractivity contribution in [2.24, 2.45) is 5.41 Å². The van der Waals surface area contributed by atoms with Gasteiger partial charge >= 0.3 is 0 Å². The molecule has 3 rings (SSSR count). The van der Waals surface area contributed by atoms with Crippen molar-refractivity contribution in [2.75, 3.05) is 20.2 Å². The van der Waals surface area contributed by atoms with Gasteiger partial charge in [0.15, 0.2) is 0 Å². The third-order valence-electron chi connectivity index (χ3n) is 5.11. The van der Waals surface area contributed by atoms with Crippen LogP contribution >= 0.6 is 0 Å². The predicted molar refractivity (Wildman–Crippen MR) is 80.1 cm³/mol. The van der Waals surface area contributed by atoms with Crippen molar-refractivity contribution in [1.29, 1.82) is 0 Å². The van der Waals surface area contributed by atoms with E-state index in [0.29, 0.717) is 38.1 Å². The summed E-state index contributed by atoms with van der Waals surface area (Å²) in [6.07, 6.45) is 0.282. The number of aliphatic hydroxyl groups excluding tert-OH is 2. The van der Waals surface area contributed by atoms with Gasteiger partial charge in [-0.3, -0.25) is 0 Å². The molecule has 1 aromatic carbocycles. The van der Waals surface area contributed by atoms with E-state index in [1.165, 1.54) is 17.5 Å². The molecule has 1 saturated heterocycles. The van der Waals surface area contributed by atoms with Crippen molar-refractivity contribution < 1.29 is 23.4 Å². The Morgan fingerprint density at radius 2 is 1.77 bits per heavy atom. The Balaban J connectivity index is 1.81. The first-order valence-electron chi connectivity index (χ1n) is 7.41. The summed E-state index contributed by atoms with van der Waals surface area (Å²) in [6.45, 7) is 0.600. The van der Waals surface area contributed by atoms with Crippen LogP contribution in [0.1, 0.15) is 19.3 Å². The van der Waals surface area contributed by atoms with Crippen LogP contribution in [0.4, 0.5) is 0 Å². The highest BCUT2D eigenvalue weighted by Crippen LogP contribution is 2.49. The predicted octanol–water partition coefficient (Wildman–Crippen LogP) is 0.592. The topological polar surface area (TPSA) is 87.1 Å². The fourth-order valence-corrected chi connectivity index (χ4v) is 5.12. The van der Waals surface area contributed by atoms with Gasteiger partial charge in [-0.2, -0.15) is 4.31 Å². The van der Waals surface area contributed by atoms with Gasteiger partial charge in [-0.25, -0.2) is 8.42 Å². The summed E-state index contributed by atoms with van der Waals surface area (Å²) in [5.41, 5.74) is -0.521. The van der Waals surface area contributed by atoms with Crippen LogP contribution in [-0.2, 0) is 10.0 Å². The van der Waals surface area contributed by atoms with Crippen molar-refractivity contribution in [3.63, 3.8) is 0 Å². The summed E-state index contributed by atoms with van der Waals surface area (Å²) in [4.78, 5) is 0.156. The number of piperidine rings is 1. The van der Waals surface area contributed by atoms with Crippen molar-refractivity contribution >= 4 is 10.0 Å². The number of hydrogen-bond donors (Lipinski definition) is 2. The van der Waals surface area contributed by atoms with Crippen LogP contribution in [0, 0.1) is 5.41 Å². The zero-order valence-electron chi connectivity index (χ0n) is 12.5. The minimum atomic E-state index is -3.63. The molecule has 0 amide bonds. The summed E-state index contributed by atoms with van der Waals surface area (Å²) in [7, 11) is -2.18. The fourth-order valence-electron chi connectivity index (χ4n) is 3.52. The molecule has 0 radical (unpaired) electrons. The first kappa shape index (κ1) is 15.7. The standard InChI is InChI=1S/C15H21NO5S/c1-21-11-4-2-3-5-12(11)22(19,20)16-8-6-15(7-9-16)13(17)10-14(15)18/h2-5,13-14,17-18H,6-10H2,1H3/t13-,14+. The molecule has 2 N–H and O–H groups in total. The quantitative estimate of drug-likeness (QED) is 0.848. The zero-order valence-corrected chi connectivity index (χ0v) is 13.3. The number of para-hydroxylation sites is 1.